The molecule has 1 aliphatic heterocycles. The Hall–Kier alpha value is -1.39. The van der Waals surface area contributed by atoms with E-state index in [-0.39, 0.29) is 18.2 Å². The van der Waals surface area contributed by atoms with Crippen molar-refractivity contribution in [3.63, 3.8) is 0 Å². The highest BCUT2D eigenvalue weighted by Gasteiger charge is 2.59. The zero-order valence-corrected chi connectivity index (χ0v) is 11.9. The second-order valence-corrected chi connectivity index (χ2v) is 6.54. The summed E-state index contributed by atoms with van der Waals surface area (Å²) >= 11 is 0. The zero-order valence-electron chi connectivity index (χ0n) is 11.9. The largest absolute Gasteiger partial charge is 0.459 e. The van der Waals surface area contributed by atoms with Gasteiger partial charge in [0.25, 0.3) is 0 Å². The third-order valence-corrected chi connectivity index (χ3v) is 5.33. The lowest BCUT2D eigenvalue weighted by Crippen LogP contribution is -2.46. The number of carbonyl (C=O) groups is 1. The number of esters is 1. The fraction of sp³-hybridized carbons (Fsp3) is 0.588. The summed E-state index contributed by atoms with van der Waals surface area (Å²) in [5.41, 5.74) is 0.569. The third-order valence-electron chi connectivity index (χ3n) is 5.33. The maximum absolute atomic E-state index is 12.0. The second kappa shape index (κ2) is 5.11. The fourth-order valence-corrected chi connectivity index (χ4v) is 4.25. The molecule has 2 saturated carbocycles. The Balaban J connectivity index is 1.38. The molecule has 1 aromatic carbocycles. The van der Waals surface area contributed by atoms with Crippen LogP contribution in [0.4, 0.5) is 0 Å². The van der Waals surface area contributed by atoms with Crippen LogP contribution in [-0.2, 0) is 9.47 Å². The summed E-state index contributed by atoms with van der Waals surface area (Å²) in [5, 5.41) is 10.1. The van der Waals surface area contributed by atoms with Gasteiger partial charge in [0, 0.05) is 0 Å². The van der Waals surface area contributed by atoms with Gasteiger partial charge in [0.2, 0.25) is 0 Å². The Bertz CT molecular complexity index is 529. The smallest absolute Gasteiger partial charge is 0.338 e. The summed E-state index contributed by atoms with van der Waals surface area (Å²) in [5.74, 6) is 1.85. The van der Waals surface area contributed by atoms with E-state index in [2.05, 4.69) is 0 Å². The SMILES string of the molecule is O=C(OCC1OCC(O)C2C3CC3CC12)c1ccccc1. The predicted octanol–water partition coefficient (Wildman–Crippen LogP) is 1.88. The molecule has 0 radical (unpaired) electrons. The minimum Gasteiger partial charge on any atom is -0.459 e. The maximum atomic E-state index is 12.0. The van der Waals surface area contributed by atoms with E-state index in [4.69, 9.17) is 9.47 Å². The Morgan fingerprint density at radius 3 is 2.81 bits per heavy atom. The number of aliphatic hydroxyl groups excluding tert-OH is 1. The summed E-state index contributed by atoms with van der Waals surface area (Å²) in [4.78, 5) is 12.0. The van der Waals surface area contributed by atoms with Gasteiger partial charge in [-0.05, 0) is 48.6 Å². The van der Waals surface area contributed by atoms with Crippen molar-refractivity contribution < 1.29 is 19.4 Å². The summed E-state index contributed by atoms with van der Waals surface area (Å²) < 4.78 is 11.1. The standard InChI is InChI=1S/C17H20O4/c18-14-8-20-15(13-7-11-6-12(11)16(13)14)9-21-17(19)10-4-2-1-3-5-10/h1-5,11-16,18H,6-9H2. The second-order valence-electron chi connectivity index (χ2n) is 6.54. The number of ether oxygens (including phenoxy) is 2. The molecule has 4 rings (SSSR count). The van der Waals surface area contributed by atoms with Crippen LogP contribution in [0.25, 0.3) is 0 Å². The number of hydrogen-bond donors (Lipinski definition) is 1. The average Bonchev–Trinajstić information content (AvgIpc) is 3.17. The molecule has 1 aromatic rings. The van der Waals surface area contributed by atoms with Gasteiger partial charge in [-0.1, -0.05) is 18.2 Å². The molecule has 6 unspecified atom stereocenters. The number of benzene rings is 1. The lowest BCUT2D eigenvalue weighted by molar-refractivity contribution is -0.138. The highest BCUT2D eigenvalue weighted by Crippen LogP contribution is 2.61. The van der Waals surface area contributed by atoms with Crippen LogP contribution in [0.5, 0.6) is 0 Å². The summed E-state index contributed by atoms with van der Waals surface area (Å²) in [6.45, 7) is 0.666. The van der Waals surface area contributed by atoms with Crippen LogP contribution in [0.3, 0.4) is 0 Å². The molecule has 1 saturated heterocycles. The fourth-order valence-electron chi connectivity index (χ4n) is 4.25. The summed E-state index contributed by atoms with van der Waals surface area (Å²) in [7, 11) is 0. The predicted molar refractivity (Wildman–Crippen MR) is 75.7 cm³/mol. The van der Waals surface area contributed by atoms with Crippen LogP contribution < -0.4 is 0 Å². The van der Waals surface area contributed by atoms with E-state index in [0.717, 1.165) is 12.3 Å². The van der Waals surface area contributed by atoms with Crippen molar-refractivity contribution in [2.75, 3.05) is 13.2 Å². The van der Waals surface area contributed by atoms with Crippen LogP contribution in [0, 0.1) is 23.7 Å². The molecule has 0 bridgehead atoms. The quantitative estimate of drug-likeness (QED) is 0.863. The van der Waals surface area contributed by atoms with Crippen molar-refractivity contribution in [3.8, 4) is 0 Å². The molecule has 21 heavy (non-hydrogen) atoms. The molecule has 4 nitrogen and oxygen atoms in total. The van der Waals surface area contributed by atoms with Gasteiger partial charge in [-0.15, -0.1) is 0 Å². The number of aliphatic hydroxyl groups is 1. The van der Waals surface area contributed by atoms with Gasteiger partial charge in [-0.25, -0.2) is 4.79 Å². The number of fused-ring (bicyclic) bond motifs is 3. The average molecular weight is 288 g/mol. The molecule has 1 N–H and O–H groups in total. The molecule has 112 valence electrons. The zero-order chi connectivity index (χ0) is 14.4. The van der Waals surface area contributed by atoms with Crippen molar-refractivity contribution in [1.29, 1.82) is 0 Å². The van der Waals surface area contributed by atoms with E-state index in [9.17, 15) is 9.90 Å². The normalized spacial score (nSPS) is 40.2. The lowest BCUT2D eigenvalue weighted by Gasteiger charge is -2.38. The number of rotatable bonds is 3. The van der Waals surface area contributed by atoms with E-state index in [1.165, 1.54) is 6.42 Å². The van der Waals surface area contributed by atoms with E-state index in [0.29, 0.717) is 36.5 Å². The van der Waals surface area contributed by atoms with Gasteiger partial charge in [0.15, 0.2) is 0 Å². The Morgan fingerprint density at radius 1 is 1.24 bits per heavy atom. The van der Waals surface area contributed by atoms with Gasteiger partial charge < -0.3 is 14.6 Å². The van der Waals surface area contributed by atoms with Crippen LogP contribution >= 0.6 is 0 Å². The minimum absolute atomic E-state index is 0.0566. The van der Waals surface area contributed by atoms with E-state index in [1.54, 1.807) is 12.1 Å². The van der Waals surface area contributed by atoms with E-state index >= 15 is 0 Å². The van der Waals surface area contributed by atoms with Crippen LogP contribution in [0.15, 0.2) is 30.3 Å². The van der Waals surface area contributed by atoms with Crippen molar-refractivity contribution in [1.82, 2.24) is 0 Å². The van der Waals surface area contributed by atoms with Crippen LogP contribution in [-0.4, -0.2) is 36.5 Å². The first kappa shape index (κ1) is 13.3. The summed E-state index contributed by atoms with van der Waals surface area (Å²) in [6.07, 6.45) is 1.97. The Kier molecular flexibility index (Phi) is 3.23. The first-order chi connectivity index (χ1) is 10.2. The van der Waals surface area contributed by atoms with Crippen molar-refractivity contribution in [2.45, 2.75) is 25.0 Å². The van der Waals surface area contributed by atoms with Gasteiger partial charge in [0.1, 0.15) is 6.61 Å². The summed E-state index contributed by atoms with van der Waals surface area (Å²) in [6, 6.07) is 9.02. The number of hydrogen-bond acceptors (Lipinski definition) is 4. The molecule has 6 atom stereocenters. The molecule has 3 aliphatic rings. The van der Waals surface area contributed by atoms with Gasteiger partial charge in [-0.2, -0.15) is 0 Å². The first-order valence-corrected chi connectivity index (χ1v) is 7.76. The van der Waals surface area contributed by atoms with Gasteiger partial charge in [-0.3, -0.25) is 0 Å². The van der Waals surface area contributed by atoms with Gasteiger partial charge in [0.05, 0.1) is 24.4 Å². The molecule has 1 heterocycles. The van der Waals surface area contributed by atoms with Crippen LogP contribution in [0.2, 0.25) is 0 Å². The van der Waals surface area contributed by atoms with Crippen molar-refractivity contribution in [2.24, 2.45) is 23.7 Å². The molecule has 0 amide bonds. The Morgan fingerprint density at radius 2 is 2.00 bits per heavy atom. The topological polar surface area (TPSA) is 55.8 Å². The van der Waals surface area contributed by atoms with Crippen molar-refractivity contribution in [3.05, 3.63) is 35.9 Å². The molecule has 0 aromatic heterocycles. The highest BCUT2D eigenvalue weighted by molar-refractivity contribution is 5.89. The Labute approximate surface area is 124 Å². The monoisotopic (exact) mass is 288 g/mol. The third kappa shape index (κ3) is 2.36. The molecular weight excluding hydrogens is 268 g/mol. The molecule has 0 spiro atoms. The lowest BCUT2D eigenvalue weighted by atomic mass is 9.81. The van der Waals surface area contributed by atoms with Crippen LogP contribution in [0.1, 0.15) is 23.2 Å². The molecule has 3 fully saturated rings. The molecule has 2 aliphatic carbocycles. The van der Waals surface area contributed by atoms with Gasteiger partial charge >= 0.3 is 5.97 Å². The van der Waals surface area contributed by atoms with E-state index < -0.39 is 0 Å². The number of carbonyl (C=O) groups excluding carboxylic acids is 1. The van der Waals surface area contributed by atoms with E-state index in [1.807, 2.05) is 18.2 Å². The molecule has 4 heteroatoms. The minimum atomic E-state index is -0.339. The highest BCUT2D eigenvalue weighted by atomic mass is 16.6. The molecular formula is C17H20O4. The maximum Gasteiger partial charge on any atom is 0.338 e. The first-order valence-electron chi connectivity index (χ1n) is 7.76. The van der Waals surface area contributed by atoms with Crippen molar-refractivity contribution >= 4 is 5.97 Å².